The second-order valence-corrected chi connectivity index (χ2v) is 9.87. The summed E-state index contributed by atoms with van der Waals surface area (Å²) in [6, 6.07) is 6.99. The fourth-order valence-electron chi connectivity index (χ4n) is 3.08. The molecule has 0 spiro atoms. The molecule has 3 aromatic rings. The Bertz CT molecular complexity index is 1430. The number of carbonyl (C=O) groups excluding carboxylic acids is 1. The number of alkyl halides is 1. The van der Waals surface area contributed by atoms with Crippen molar-refractivity contribution in [3.63, 3.8) is 0 Å². The Morgan fingerprint density at radius 1 is 1.26 bits per heavy atom. The summed E-state index contributed by atoms with van der Waals surface area (Å²) in [5, 5.41) is 0.790. The standard InChI is InChI=1S/C21H20BrClFN3O6S/c1-25-34(30,31)26-16-6-4-5-11(19(16)24)7-13-14(10-22)12-8-15(23)18(33-21(29)27(2)3)9-17(12)32-20(13)28/h4-6,8-9,25-26H,7,10H2,1-3H3. The average Bonchev–Trinajstić information content (AvgIpc) is 2.77. The first-order chi connectivity index (χ1) is 16.0. The number of fused-ring (bicyclic) bond motifs is 1. The van der Waals surface area contributed by atoms with Crippen molar-refractivity contribution in [3.8, 4) is 5.75 Å². The van der Waals surface area contributed by atoms with Gasteiger partial charge in [-0.15, -0.1) is 0 Å². The molecule has 1 aromatic heterocycles. The number of nitrogens with one attached hydrogen (secondary N) is 2. The minimum absolute atomic E-state index is 0.0138. The van der Waals surface area contributed by atoms with E-state index < -0.39 is 27.7 Å². The molecule has 1 amide bonds. The van der Waals surface area contributed by atoms with Crippen molar-refractivity contribution in [3.05, 3.63) is 68.3 Å². The number of rotatable bonds is 7. The Morgan fingerprint density at radius 3 is 2.59 bits per heavy atom. The van der Waals surface area contributed by atoms with E-state index >= 15 is 4.39 Å². The van der Waals surface area contributed by atoms with E-state index in [9.17, 15) is 18.0 Å². The van der Waals surface area contributed by atoms with Crippen molar-refractivity contribution in [1.29, 1.82) is 0 Å². The fraction of sp³-hybridized carbons (Fsp3) is 0.238. The minimum Gasteiger partial charge on any atom is -0.422 e. The Labute approximate surface area is 208 Å². The first-order valence-corrected chi connectivity index (χ1v) is 12.7. The molecule has 13 heteroatoms. The predicted octanol–water partition coefficient (Wildman–Crippen LogP) is 4.01. The molecule has 0 aliphatic carbocycles. The van der Waals surface area contributed by atoms with Crippen molar-refractivity contribution < 1.29 is 26.8 Å². The van der Waals surface area contributed by atoms with Gasteiger partial charge in [-0.25, -0.2) is 18.7 Å². The lowest BCUT2D eigenvalue weighted by Gasteiger charge is -2.15. The van der Waals surface area contributed by atoms with Crippen LogP contribution < -0.4 is 19.8 Å². The molecule has 3 rings (SSSR count). The van der Waals surface area contributed by atoms with E-state index in [1.165, 1.54) is 56.4 Å². The smallest absolute Gasteiger partial charge is 0.414 e. The summed E-state index contributed by atoms with van der Waals surface area (Å²) in [6.07, 6.45) is -0.833. The molecule has 0 radical (unpaired) electrons. The second-order valence-electron chi connectivity index (χ2n) is 7.29. The summed E-state index contributed by atoms with van der Waals surface area (Å²) in [7, 11) is 0.255. The molecule has 0 saturated carbocycles. The molecule has 1 heterocycles. The van der Waals surface area contributed by atoms with Crippen molar-refractivity contribution >= 4 is 60.5 Å². The molecular formula is C21H20BrClFN3O6S. The van der Waals surface area contributed by atoms with Gasteiger partial charge in [0.05, 0.1) is 10.7 Å². The molecule has 2 aromatic carbocycles. The Hall–Kier alpha value is -2.67. The third-order valence-corrected chi connectivity index (χ3v) is 6.71. The zero-order valence-corrected chi connectivity index (χ0v) is 21.4. The maximum absolute atomic E-state index is 15.0. The molecule has 0 fully saturated rings. The SMILES string of the molecule is CNS(=O)(=O)Nc1cccc(Cc2c(CBr)c3cc(Cl)c(OC(=O)N(C)C)cc3oc2=O)c1F. The van der Waals surface area contributed by atoms with Gasteiger partial charge in [-0.1, -0.05) is 39.7 Å². The van der Waals surface area contributed by atoms with Crippen LogP contribution in [0.25, 0.3) is 11.0 Å². The van der Waals surface area contributed by atoms with Gasteiger partial charge in [-0.05, 0) is 23.3 Å². The summed E-state index contributed by atoms with van der Waals surface area (Å²) in [4.78, 5) is 25.9. The third-order valence-electron chi connectivity index (χ3n) is 4.83. The summed E-state index contributed by atoms with van der Waals surface area (Å²) in [5.41, 5.74) is -0.134. The summed E-state index contributed by atoms with van der Waals surface area (Å²) in [6.45, 7) is 0. The van der Waals surface area contributed by atoms with Crippen LogP contribution in [0, 0.1) is 5.82 Å². The van der Waals surface area contributed by atoms with Crippen molar-refractivity contribution in [2.24, 2.45) is 0 Å². The zero-order valence-electron chi connectivity index (χ0n) is 18.2. The minimum atomic E-state index is -3.94. The van der Waals surface area contributed by atoms with Crippen LogP contribution in [-0.2, 0) is 22.0 Å². The van der Waals surface area contributed by atoms with Crippen molar-refractivity contribution in [2.45, 2.75) is 11.8 Å². The van der Waals surface area contributed by atoms with E-state index in [-0.39, 0.29) is 44.9 Å². The van der Waals surface area contributed by atoms with Crippen LogP contribution in [0.4, 0.5) is 14.9 Å². The topological polar surface area (TPSA) is 118 Å². The second kappa shape index (κ2) is 10.3. The molecule has 0 unspecified atom stereocenters. The van der Waals surface area contributed by atoms with E-state index in [4.69, 9.17) is 20.8 Å². The van der Waals surface area contributed by atoms with Gasteiger partial charge in [0, 0.05) is 49.9 Å². The van der Waals surface area contributed by atoms with Gasteiger partial charge in [-0.3, -0.25) is 4.72 Å². The fourth-order valence-corrected chi connectivity index (χ4v) is 4.47. The predicted molar refractivity (Wildman–Crippen MR) is 131 cm³/mol. The quantitative estimate of drug-likeness (QED) is 0.324. The largest absolute Gasteiger partial charge is 0.422 e. The number of halogens is 3. The zero-order chi connectivity index (χ0) is 25.2. The number of ether oxygens (including phenoxy) is 1. The lowest BCUT2D eigenvalue weighted by Crippen LogP contribution is -2.27. The molecule has 182 valence electrons. The van der Waals surface area contributed by atoms with Crippen LogP contribution in [0.1, 0.15) is 16.7 Å². The highest BCUT2D eigenvalue weighted by Crippen LogP contribution is 2.34. The molecule has 0 saturated heterocycles. The lowest BCUT2D eigenvalue weighted by atomic mass is 9.99. The molecule has 0 bridgehead atoms. The van der Waals surface area contributed by atoms with Crippen LogP contribution in [0.15, 0.2) is 39.5 Å². The van der Waals surface area contributed by atoms with Crippen LogP contribution in [0.5, 0.6) is 5.75 Å². The lowest BCUT2D eigenvalue weighted by molar-refractivity contribution is 0.172. The third kappa shape index (κ3) is 5.52. The molecule has 0 atom stereocenters. The van der Waals surface area contributed by atoms with Crippen LogP contribution in [0.3, 0.4) is 0 Å². The highest BCUT2D eigenvalue weighted by atomic mass is 79.9. The van der Waals surface area contributed by atoms with Gasteiger partial charge >= 0.3 is 11.7 Å². The van der Waals surface area contributed by atoms with E-state index in [1.807, 2.05) is 4.72 Å². The highest BCUT2D eigenvalue weighted by Gasteiger charge is 2.21. The van der Waals surface area contributed by atoms with Gasteiger partial charge < -0.3 is 14.1 Å². The number of hydrogen-bond acceptors (Lipinski definition) is 6. The van der Waals surface area contributed by atoms with Gasteiger partial charge in [-0.2, -0.15) is 8.42 Å². The monoisotopic (exact) mass is 575 g/mol. The van der Waals surface area contributed by atoms with Crippen molar-refractivity contribution in [1.82, 2.24) is 9.62 Å². The van der Waals surface area contributed by atoms with E-state index in [0.29, 0.717) is 10.9 Å². The molecule has 0 aliphatic rings. The van der Waals surface area contributed by atoms with E-state index in [0.717, 1.165) is 0 Å². The van der Waals surface area contributed by atoms with Gasteiger partial charge in [0.1, 0.15) is 5.58 Å². The molecule has 0 aliphatic heterocycles. The maximum Gasteiger partial charge on any atom is 0.414 e. The molecule has 9 nitrogen and oxygen atoms in total. The normalized spacial score (nSPS) is 11.5. The number of anilines is 1. The average molecular weight is 577 g/mol. The number of carbonyl (C=O) groups is 1. The molecule has 34 heavy (non-hydrogen) atoms. The first kappa shape index (κ1) is 25.9. The van der Waals surface area contributed by atoms with Gasteiger partial charge in [0.15, 0.2) is 11.6 Å². The van der Waals surface area contributed by atoms with Crippen LogP contribution in [-0.4, -0.2) is 40.6 Å². The summed E-state index contributed by atoms with van der Waals surface area (Å²) in [5.74, 6) is -0.815. The first-order valence-electron chi connectivity index (χ1n) is 9.69. The number of hydrogen-bond donors (Lipinski definition) is 2. The summed E-state index contributed by atoms with van der Waals surface area (Å²) < 4.78 is 53.3. The van der Waals surface area contributed by atoms with Gasteiger partial charge in [0.2, 0.25) is 0 Å². The highest BCUT2D eigenvalue weighted by molar-refractivity contribution is 9.08. The van der Waals surface area contributed by atoms with Crippen LogP contribution in [0.2, 0.25) is 5.02 Å². The van der Waals surface area contributed by atoms with Gasteiger partial charge in [0.25, 0.3) is 10.2 Å². The maximum atomic E-state index is 15.0. The summed E-state index contributed by atoms with van der Waals surface area (Å²) >= 11 is 9.64. The Morgan fingerprint density at radius 2 is 1.97 bits per heavy atom. The Kier molecular flexibility index (Phi) is 7.86. The van der Waals surface area contributed by atoms with E-state index in [1.54, 1.807) is 0 Å². The Balaban J connectivity index is 2.08. The van der Waals surface area contributed by atoms with Crippen LogP contribution >= 0.6 is 27.5 Å². The van der Waals surface area contributed by atoms with Crippen molar-refractivity contribution in [2.75, 3.05) is 25.9 Å². The molecular weight excluding hydrogens is 557 g/mol. The number of amides is 1. The van der Waals surface area contributed by atoms with E-state index in [2.05, 4.69) is 20.7 Å². The number of nitrogens with zero attached hydrogens (tertiary/aromatic N) is 1. The number of benzene rings is 2. The molecule has 2 N–H and O–H groups in total.